The van der Waals surface area contributed by atoms with Crippen molar-refractivity contribution in [1.82, 2.24) is 10.2 Å². The number of nitrogens with zero attached hydrogens (tertiary/aromatic N) is 1. The van der Waals surface area contributed by atoms with Crippen LogP contribution in [0.4, 0.5) is 0 Å². The number of hydrogen-bond acceptors (Lipinski definition) is 2. The van der Waals surface area contributed by atoms with E-state index in [2.05, 4.69) is 5.32 Å². The highest BCUT2D eigenvalue weighted by Gasteiger charge is 2.32. The summed E-state index contributed by atoms with van der Waals surface area (Å²) < 4.78 is 0. The van der Waals surface area contributed by atoms with E-state index in [1.54, 1.807) is 4.90 Å². The summed E-state index contributed by atoms with van der Waals surface area (Å²) in [5.74, 6) is -0.112. The summed E-state index contributed by atoms with van der Waals surface area (Å²) in [4.78, 5) is 29.1. The number of carbonyl (C=O) groups excluding carboxylic acids is 2. The number of rotatable bonds is 10. The lowest BCUT2D eigenvalue weighted by atomic mass is 10.0. The number of aryl methyl sites for hydroxylation is 1. The molecule has 1 aliphatic rings. The first kappa shape index (κ1) is 25.0. The van der Waals surface area contributed by atoms with Crippen molar-refractivity contribution in [2.45, 2.75) is 63.6 Å². The van der Waals surface area contributed by atoms with Crippen LogP contribution in [-0.4, -0.2) is 28.8 Å². The third-order valence-electron chi connectivity index (χ3n) is 6.73. The number of nitrogens with one attached hydrogen (secondary N) is 1. The molecule has 0 spiro atoms. The van der Waals surface area contributed by atoms with Gasteiger partial charge in [-0.2, -0.15) is 0 Å². The van der Waals surface area contributed by atoms with E-state index >= 15 is 0 Å². The van der Waals surface area contributed by atoms with Gasteiger partial charge in [-0.25, -0.2) is 0 Å². The van der Waals surface area contributed by atoms with Gasteiger partial charge in [0.1, 0.15) is 6.04 Å². The Hall–Kier alpha value is -3.11. The molecule has 3 aromatic carbocycles. The maximum absolute atomic E-state index is 13.7. The Morgan fingerprint density at radius 2 is 1.46 bits per heavy atom. The maximum Gasteiger partial charge on any atom is 0.243 e. The van der Waals surface area contributed by atoms with Gasteiger partial charge < -0.3 is 10.2 Å². The van der Waals surface area contributed by atoms with Crippen LogP contribution >= 0.6 is 11.6 Å². The van der Waals surface area contributed by atoms with Crippen LogP contribution in [0.15, 0.2) is 84.9 Å². The van der Waals surface area contributed by atoms with Gasteiger partial charge >= 0.3 is 0 Å². The summed E-state index contributed by atoms with van der Waals surface area (Å²) in [5.41, 5.74) is 2.98. The highest BCUT2D eigenvalue weighted by Crippen LogP contribution is 2.22. The van der Waals surface area contributed by atoms with Crippen molar-refractivity contribution in [3.05, 3.63) is 107 Å². The van der Waals surface area contributed by atoms with E-state index in [0.29, 0.717) is 30.8 Å². The van der Waals surface area contributed by atoms with Gasteiger partial charge in [0, 0.05) is 30.5 Å². The summed E-state index contributed by atoms with van der Waals surface area (Å²) in [5, 5.41) is 3.91. The van der Waals surface area contributed by atoms with Crippen LogP contribution in [0.3, 0.4) is 0 Å². The summed E-state index contributed by atoms with van der Waals surface area (Å²) in [6, 6.07) is 27.1. The molecular weight excluding hydrogens is 456 g/mol. The second-order valence-electron chi connectivity index (χ2n) is 9.29. The Labute approximate surface area is 213 Å². The molecule has 5 heteroatoms. The molecule has 0 bridgehead atoms. The van der Waals surface area contributed by atoms with Gasteiger partial charge in [-0.15, -0.1) is 0 Å². The minimum absolute atomic E-state index is 0.0451. The molecule has 1 aliphatic carbocycles. The minimum atomic E-state index is -0.586. The highest BCUT2D eigenvalue weighted by molar-refractivity contribution is 6.31. The van der Waals surface area contributed by atoms with Crippen molar-refractivity contribution in [2.75, 3.05) is 0 Å². The second-order valence-corrected chi connectivity index (χ2v) is 9.70. The summed E-state index contributed by atoms with van der Waals surface area (Å²) in [6.07, 6.45) is 5.58. The number of halogens is 1. The largest absolute Gasteiger partial charge is 0.352 e. The standard InChI is InChI=1S/C30H33ClN2O2/c31-27-18-10-7-15-25(27)19-20-29(34)33(22-24-13-5-2-6-14-24)28(21-23-11-3-1-4-12-23)30(35)32-26-16-8-9-17-26/h1-7,10-15,18,26,28H,8-9,16-17,19-22H2,(H,32,35)/t28-/m1/s1. The van der Waals surface area contributed by atoms with E-state index in [0.717, 1.165) is 42.4 Å². The van der Waals surface area contributed by atoms with E-state index in [1.807, 2.05) is 84.9 Å². The Bertz CT molecular complexity index is 1100. The highest BCUT2D eigenvalue weighted by atomic mass is 35.5. The summed E-state index contributed by atoms with van der Waals surface area (Å²) >= 11 is 6.34. The molecule has 0 aliphatic heterocycles. The van der Waals surface area contributed by atoms with Crippen molar-refractivity contribution in [3.63, 3.8) is 0 Å². The first-order chi connectivity index (χ1) is 17.1. The molecule has 1 atom stereocenters. The van der Waals surface area contributed by atoms with Crippen LogP contribution in [0, 0.1) is 0 Å². The fourth-order valence-electron chi connectivity index (χ4n) is 4.79. The molecule has 3 aromatic rings. The lowest BCUT2D eigenvalue weighted by molar-refractivity contribution is -0.141. The number of carbonyl (C=O) groups is 2. The van der Waals surface area contributed by atoms with E-state index in [4.69, 9.17) is 11.6 Å². The first-order valence-electron chi connectivity index (χ1n) is 12.5. The smallest absolute Gasteiger partial charge is 0.243 e. The molecule has 4 nitrogen and oxygen atoms in total. The third kappa shape index (κ3) is 7.19. The summed E-state index contributed by atoms with van der Waals surface area (Å²) in [7, 11) is 0. The van der Waals surface area contributed by atoms with Crippen LogP contribution in [0.25, 0.3) is 0 Å². The molecule has 0 unspecified atom stereocenters. The molecule has 1 N–H and O–H groups in total. The third-order valence-corrected chi connectivity index (χ3v) is 7.10. The van der Waals surface area contributed by atoms with E-state index in [9.17, 15) is 9.59 Å². The number of amides is 2. The Balaban J connectivity index is 1.60. The van der Waals surface area contributed by atoms with Crippen molar-refractivity contribution < 1.29 is 9.59 Å². The summed E-state index contributed by atoms with van der Waals surface area (Å²) in [6.45, 7) is 0.387. The molecule has 182 valence electrons. The Morgan fingerprint density at radius 1 is 0.857 bits per heavy atom. The molecule has 0 saturated heterocycles. The molecule has 4 rings (SSSR count). The number of benzene rings is 3. The molecule has 1 fully saturated rings. The van der Waals surface area contributed by atoms with Crippen LogP contribution in [-0.2, 0) is 29.0 Å². The van der Waals surface area contributed by atoms with Crippen molar-refractivity contribution >= 4 is 23.4 Å². The zero-order valence-corrected chi connectivity index (χ0v) is 20.8. The van der Waals surface area contributed by atoms with Gasteiger partial charge in [0.15, 0.2) is 0 Å². The zero-order valence-electron chi connectivity index (χ0n) is 20.0. The lowest BCUT2D eigenvalue weighted by Crippen LogP contribution is -2.52. The predicted molar refractivity (Wildman–Crippen MR) is 141 cm³/mol. The SMILES string of the molecule is O=C(NC1CCCC1)[C@@H](Cc1ccccc1)N(Cc1ccccc1)C(=O)CCc1ccccc1Cl. The first-order valence-corrected chi connectivity index (χ1v) is 12.9. The average molecular weight is 489 g/mol. The molecule has 1 saturated carbocycles. The lowest BCUT2D eigenvalue weighted by Gasteiger charge is -2.32. The van der Waals surface area contributed by atoms with Gasteiger partial charge in [-0.1, -0.05) is 103 Å². The van der Waals surface area contributed by atoms with Gasteiger partial charge in [-0.05, 0) is 42.0 Å². The van der Waals surface area contributed by atoms with Crippen LogP contribution < -0.4 is 5.32 Å². The molecule has 2 amide bonds. The van der Waals surface area contributed by atoms with Crippen LogP contribution in [0.1, 0.15) is 48.8 Å². The minimum Gasteiger partial charge on any atom is -0.352 e. The maximum atomic E-state index is 13.7. The topological polar surface area (TPSA) is 49.4 Å². The fraction of sp³-hybridized carbons (Fsp3) is 0.333. The van der Waals surface area contributed by atoms with Gasteiger partial charge in [0.2, 0.25) is 11.8 Å². The molecule has 0 aromatic heterocycles. The Morgan fingerprint density at radius 3 is 2.11 bits per heavy atom. The quantitative estimate of drug-likeness (QED) is 0.382. The van der Waals surface area contributed by atoms with Crippen LogP contribution in [0.5, 0.6) is 0 Å². The van der Waals surface area contributed by atoms with Crippen molar-refractivity contribution in [1.29, 1.82) is 0 Å². The van der Waals surface area contributed by atoms with Gasteiger partial charge in [0.05, 0.1) is 0 Å². The van der Waals surface area contributed by atoms with Crippen LogP contribution in [0.2, 0.25) is 5.02 Å². The van der Waals surface area contributed by atoms with Gasteiger partial charge in [-0.3, -0.25) is 9.59 Å². The molecule has 0 heterocycles. The molecule has 35 heavy (non-hydrogen) atoms. The normalized spacial score (nSPS) is 14.4. The van der Waals surface area contributed by atoms with E-state index < -0.39 is 6.04 Å². The van der Waals surface area contributed by atoms with E-state index in [-0.39, 0.29) is 17.9 Å². The van der Waals surface area contributed by atoms with E-state index in [1.165, 1.54) is 0 Å². The van der Waals surface area contributed by atoms with Crippen molar-refractivity contribution in [3.8, 4) is 0 Å². The van der Waals surface area contributed by atoms with Crippen molar-refractivity contribution in [2.24, 2.45) is 0 Å². The fourth-order valence-corrected chi connectivity index (χ4v) is 5.02. The monoisotopic (exact) mass is 488 g/mol. The number of hydrogen-bond donors (Lipinski definition) is 1. The van der Waals surface area contributed by atoms with Gasteiger partial charge in [0.25, 0.3) is 0 Å². The molecular formula is C30H33ClN2O2. The average Bonchev–Trinajstić information content (AvgIpc) is 3.39. The second kappa shape index (κ2) is 12.6. The zero-order chi connectivity index (χ0) is 24.5. The molecule has 0 radical (unpaired) electrons. The predicted octanol–water partition coefficient (Wildman–Crippen LogP) is 5.97. The Kier molecular flexibility index (Phi) is 8.96.